The van der Waals surface area contributed by atoms with E-state index in [4.69, 9.17) is 34.0 Å². The number of carboxylic acids is 2. The van der Waals surface area contributed by atoms with Gasteiger partial charge < -0.3 is 24.4 Å². The summed E-state index contributed by atoms with van der Waals surface area (Å²) >= 11 is 0. The highest BCUT2D eigenvalue weighted by Gasteiger charge is 2.09. The van der Waals surface area contributed by atoms with Crippen molar-refractivity contribution in [3.8, 4) is 17.2 Å². The maximum atomic E-state index is 9.10. The van der Waals surface area contributed by atoms with Gasteiger partial charge in [0.2, 0.25) is 0 Å². The van der Waals surface area contributed by atoms with Crippen molar-refractivity contribution < 1.29 is 34.0 Å². The van der Waals surface area contributed by atoms with E-state index in [9.17, 15) is 0 Å². The summed E-state index contributed by atoms with van der Waals surface area (Å²) in [4.78, 5) is 20.7. The minimum atomic E-state index is -1.82. The first-order chi connectivity index (χ1) is 14.5. The lowest BCUT2D eigenvalue weighted by Crippen LogP contribution is -2.36. The van der Waals surface area contributed by atoms with E-state index in [0.29, 0.717) is 0 Å². The number of ether oxygens (including phenoxy) is 3. The molecule has 30 heavy (non-hydrogen) atoms. The Kier molecular flexibility index (Phi) is 10.2. The second kappa shape index (κ2) is 13.2. The number of unbranched alkanes of at least 4 members (excludes halogenated alkanes) is 1. The van der Waals surface area contributed by atoms with Gasteiger partial charge in [-0.05, 0) is 43.7 Å². The Morgan fingerprint density at radius 1 is 0.867 bits per heavy atom. The summed E-state index contributed by atoms with van der Waals surface area (Å²) in [6.45, 7) is 5.71. The third-order valence-electron chi connectivity index (χ3n) is 4.21. The van der Waals surface area contributed by atoms with Crippen LogP contribution in [0.25, 0.3) is 0 Å². The molecule has 1 saturated heterocycles. The molecule has 1 fully saturated rings. The summed E-state index contributed by atoms with van der Waals surface area (Å²) < 4.78 is 17.0. The Morgan fingerprint density at radius 2 is 1.50 bits per heavy atom. The number of benzene rings is 2. The highest BCUT2D eigenvalue weighted by Crippen LogP contribution is 2.25. The lowest BCUT2D eigenvalue weighted by molar-refractivity contribution is -0.159. The number of para-hydroxylation sites is 1. The van der Waals surface area contributed by atoms with E-state index in [1.54, 1.807) is 0 Å². The van der Waals surface area contributed by atoms with E-state index in [1.165, 1.54) is 0 Å². The van der Waals surface area contributed by atoms with E-state index in [1.807, 2.05) is 54.6 Å². The lowest BCUT2D eigenvalue weighted by Gasteiger charge is -2.26. The second-order valence-electron chi connectivity index (χ2n) is 6.51. The summed E-state index contributed by atoms with van der Waals surface area (Å²) in [6, 6.07) is 17.6. The van der Waals surface area contributed by atoms with Gasteiger partial charge in [0.1, 0.15) is 17.2 Å². The van der Waals surface area contributed by atoms with Gasteiger partial charge in [-0.3, -0.25) is 4.90 Å². The molecule has 0 radical (unpaired) electrons. The molecular formula is C22H27NO7. The van der Waals surface area contributed by atoms with Gasteiger partial charge in [-0.1, -0.05) is 24.3 Å². The Balaban J connectivity index is 0.000000469. The smallest absolute Gasteiger partial charge is 0.414 e. The molecule has 0 aromatic heterocycles. The Hall–Kier alpha value is -3.10. The van der Waals surface area contributed by atoms with Crippen molar-refractivity contribution in [2.24, 2.45) is 0 Å². The molecule has 2 aromatic carbocycles. The fraction of sp³-hybridized carbons (Fsp3) is 0.364. The van der Waals surface area contributed by atoms with Gasteiger partial charge >= 0.3 is 11.9 Å². The number of hydrogen-bond acceptors (Lipinski definition) is 6. The van der Waals surface area contributed by atoms with Gasteiger partial charge in [0.15, 0.2) is 0 Å². The summed E-state index contributed by atoms with van der Waals surface area (Å²) in [5, 5.41) is 14.8. The number of carboxylic acid groups (broad SMARTS) is 2. The van der Waals surface area contributed by atoms with Crippen LogP contribution in [0.5, 0.6) is 17.2 Å². The van der Waals surface area contributed by atoms with Crippen LogP contribution in [-0.4, -0.2) is 66.5 Å². The second-order valence-corrected chi connectivity index (χ2v) is 6.51. The van der Waals surface area contributed by atoms with Gasteiger partial charge in [0, 0.05) is 19.2 Å². The van der Waals surface area contributed by atoms with Crippen LogP contribution in [0.15, 0.2) is 54.6 Å². The van der Waals surface area contributed by atoms with Crippen molar-refractivity contribution in [1.82, 2.24) is 4.90 Å². The summed E-state index contributed by atoms with van der Waals surface area (Å²) in [5.41, 5.74) is 0. The van der Waals surface area contributed by atoms with Crippen LogP contribution >= 0.6 is 0 Å². The molecule has 162 valence electrons. The molecule has 0 atom stereocenters. The maximum Gasteiger partial charge on any atom is 0.414 e. The first-order valence-electron chi connectivity index (χ1n) is 9.76. The molecule has 0 aliphatic carbocycles. The van der Waals surface area contributed by atoms with Crippen molar-refractivity contribution in [2.45, 2.75) is 12.8 Å². The SMILES string of the molecule is O=C(O)C(=O)O.c1ccc(Oc2cccc(OCCCCN3CCOCC3)c2)cc1. The van der Waals surface area contributed by atoms with E-state index in [-0.39, 0.29) is 0 Å². The molecule has 8 heteroatoms. The molecule has 8 nitrogen and oxygen atoms in total. The van der Waals surface area contributed by atoms with Crippen molar-refractivity contribution in [3.63, 3.8) is 0 Å². The Bertz CT molecular complexity index is 764. The van der Waals surface area contributed by atoms with Crippen LogP contribution in [0.4, 0.5) is 0 Å². The topological polar surface area (TPSA) is 106 Å². The number of nitrogens with zero attached hydrogens (tertiary/aromatic N) is 1. The van der Waals surface area contributed by atoms with E-state index in [0.717, 1.165) is 69.5 Å². The highest BCUT2D eigenvalue weighted by molar-refractivity contribution is 6.27. The summed E-state index contributed by atoms with van der Waals surface area (Å²) in [7, 11) is 0. The first kappa shape index (κ1) is 23.2. The monoisotopic (exact) mass is 417 g/mol. The maximum absolute atomic E-state index is 9.10. The van der Waals surface area contributed by atoms with Crippen LogP contribution in [-0.2, 0) is 14.3 Å². The lowest BCUT2D eigenvalue weighted by atomic mass is 10.3. The zero-order chi connectivity index (χ0) is 21.6. The minimum Gasteiger partial charge on any atom is -0.493 e. The molecule has 0 spiro atoms. The van der Waals surface area contributed by atoms with Crippen molar-refractivity contribution in [3.05, 3.63) is 54.6 Å². The molecular weight excluding hydrogens is 390 g/mol. The standard InChI is InChI=1S/C20H25NO3.C2H2O4/c1-2-7-18(8-3-1)24-20-10-6-9-19(17-20)23-14-5-4-11-21-12-15-22-16-13-21;3-1(4)2(5)6/h1-3,6-10,17H,4-5,11-16H2;(H,3,4)(H,5,6). The van der Waals surface area contributed by atoms with Crippen LogP contribution in [0.2, 0.25) is 0 Å². The van der Waals surface area contributed by atoms with Crippen molar-refractivity contribution >= 4 is 11.9 Å². The average Bonchev–Trinajstić information content (AvgIpc) is 2.76. The van der Waals surface area contributed by atoms with Crippen LogP contribution in [0, 0.1) is 0 Å². The molecule has 1 heterocycles. The predicted molar refractivity (Wildman–Crippen MR) is 110 cm³/mol. The number of carbonyl (C=O) groups is 2. The summed E-state index contributed by atoms with van der Waals surface area (Å²) in [6.07, 6.45) is 2.21. The van der Waals surface area contributed by atoms with Crippen LogP contribution in [0.1, 0.15) is 12.8 Å². The molecule has 0 unspecified atom stereocenters. The zero-order valence-electron chi connectivity index (χ0n) is 16.7. The zero-order valence-corrected chi connectivity index (χ0v) is 16.7. The molecule has 1 aliphatic heterocycles. The van der Waals surface area contributed by atoms with Crippen molar-refractivity contribution in [1.29, 1.82) is 0 Å². The minimum absolute atomic E-state index is 0.735. The fourth-order valence-corrected chi connectivity index (χ4v) is 2.70. The molecule has 3 rings (SSSR count). The predicted octanol–water partition coefficient (Wildman–Crippen LogP) is 3.13. The van der Waals surface area contributed by atoms with Crippen LogP contribution < -0.4 is 9.47 Å². The van der Waals surface area contributed by atoms with Gasteiger partial charge in [0.05, 0.1) is 19.8 Å². The molecule has 0 bridgehead atoms. The largest absolute Gasteiger partial charge is 0.493 e. The van der Waals surface area contributed by atoms with Crippen molar-refractivity contribution in [2.75, 3.05) is 39.5 Å². The number of rotatable bonds is 8. The fourth-order valence-electron chi connectivity index (χ4n) is 2.70. The molecule has 1 aliphatic rings. The Labute approximate surface area is 175 Å². The number of morpholine rings is 1. The third-order valence-corrected chi connectivity index (χ3v) is 4.21. The Morgan fingerprint density at radius 3 is 2.17 bits per heavy atom. The van der Waals surface area contributed by atoms with E-state index < -0.39 is 11.9 Å². The molecule has 2 aromatic rings. The highest BCUT2D eigenvalue weighted by atomic mass is 16.5. The number of aliphatic carboxylic acids is 2. The van der Waals surface area contributed by atoms with Gasteiger partial charge in [-0.25, -0.2) is 9.59 Å². The quantitative estimate of drug-likeness (QED) is 0.499. The summed E-state index contributed by atoms with van der Waals surface area (Å²) in [5.74, 6) is -1.16. The van der Waals surface area contributed by atoms with Crippen LogP contribution in [0.3, 0.4) is 0 Å². The van der Waals surface area contributed by atoms with Gasteiger partial charge in [0.25, 0.3) is 0 Å². The van der Waals surface area contributed by atoms with E-state index in [2.05, 4.69) is 4.90 Å². The average molecular weight is 417 g/mol. The van der Waals surface area contributed by atoms with E-state index >= 15 is 0 Å². The third kappa shape index (κ3) is 9.40. The molecule has 2 N–H and O–H groups in total. The number of hydrogen-bond donors (Lipinski definition) is 2. The van der Waals surface area contributed by atoms with Gasteiger partial charge in [-0.15, -0.1) is 0 Å². The first-order valence-corrected chi connectivity index (χ1v) is 9.76. The van der Waals surface area contributed by atoms with Gasteiger partial charge in [-0.2, -0.15) is 0 Å². The molecule has 0 amide bonds. The normalized spacial score (nSPS) is 13.6. The molecule has 0 saturated carbocycles.